The van der Waals surface area contributed by atoms with Gasteiger partial charge in [0, 0.05) is 10.7 Å². The zero-order valence-electron chi connectivity index (χ0n) is 6.11. The van der Waals surface area contributed by atoms with E-state index in [2.05, 4.69) is 28.9 Å². The van der Waals surface area contributed by atoms with Crippen molar-refractivity contribution in [1.29, 1.82) is 0 Å². The maximum Gasteiger partial charge on any atom is 0.0265 e. The van der Waals surface area contributed by atoms with E-state index in [4.69, 9.17) is 11.6 Å². The molecular formula is C8H12BrCl. The monoisotopic (exact) mass is 222 g/mol. The molecule has 10 heavy (non-hydrogen) atoms. The summed E-state index contributed by atoms with van der Waals surface area (Å²) in [5.41, 5.74) is 1.49. The van der Waals surface area contributed by atoms with Crippen molar-refractivity contribution in [3.63, 3.8) is 0 Å². The lowest BCUT2D eigenvalue weighted by atomic mass is 9.91. The summed E-state index contributed by atoms with van der Waals surface area (Å²) in [7, 11) is 0. The predicted octanol–water partition coefficient (Wildman–Crippen LogP) is 3.35. The van der Waals surface area contributed by atoms with Gasteiger partial charge in [0.05, 0.1) is 0 Å². The first-order chi connectivity index (χ1) is 4.74. The molecule has 2 atom stereocenters. The van der Waals surface area contributed by atoms with Gasteiger partial charge >= 0.3 is 0 Å². The van der Waals surface area contributed by atoms with Crippen LogP contribution in [0, 0.1) is 5.92 Å². The van der Waals surface area contributed by atoms with Gasteiger partial charge in [-0.05, 0) is 25.7 Å². The van der Waals surface area contributed by atoms with Crippen LogP contribution < -0.4 is 0 Å². The maximum atomic E-state index is 5.78. The van der Waals surface area contributed by atoms with Crippen molar-refractivity contribution < 1.29 is 0 Å². The van der Waals surface area contributed by atoms with Crippen LogP contribution >= 0.6 is 27.5 Å². The lowest BCUT2D eigenvalue weighted by Crippen LogP contribution is -2.19. The van der Waals surface area contributed by atoms with Gasteiger partial charge < -0.3 is 0 Å². The van der Waals surface area contributed by atoms with E-state index in [0.717, 1.165) is 12.3 Å². The molecule has 0 aliphatic heterocycles. The molecule has 0 aromatic heterocycles. The van der Waals surface area contributed by atoms with E-state index in [1.807, 2.05) is 0 Å². The third-order valence-electron chi connectivity index (χ3n) is 1.99. The van der Waals surface area contributed by atoms with Crippen LogP contribution in [-0.2, 0) is 0 Å². The Morgan fingerprint density at radius 1 is 1.80 bits per heavy atom. The van der Waals surface area contributed by atoms with Gasteiger partial charge in [-0.2, -0.15) is 0 Å². The van der Waals surface area contributed by atoms with Crippen LogP contribution in [0.4, 0.5) is 0 Å². The molecule has 0 bridgehead atoms. The fraction of sp³-hybridized carbons (Fsp3) is 0.750. The Bertz CT molecular complexity index is 142. The van der Waals surface area contributed by atoms with E-state index in [9.17, 15) is 0 Å². The number of allylic oxidation sites excluding steroid dienone is 2. The van der Waals surface area contributed by atoms with Crippen LogP contribution in [0.2, 0.25) is 0 Å². The number of halogens is 2. The van der Waals surface area contributed by atoms with E-state index in [1.165, 1.54) is 12.0 Å². The summed E-state index contributed by atoms with van der Waals surface area (Å²) in [6.45, 7) is 2.18. The molecule has 0 aromatic carbocycles. The van der Waals surface area contributed by atoms with Crippen molar-refractivity contribution in [3.05, 3.63) is 11.6 Å². The van der Waals surface area contributed by atoms with Gasteiger partial charge in [-0.1, -0.05) is 27.6 Å². The molecule has 2 heteroatoms. The molecule has 0 spiro atoms. The second-order valence-corrected chi connectivity index (χ2v) is 4.41. The normalized spacial score (nSPS) is 33.7. The van der Waals surface area contributed by atoms with Gasteiger partial charge in [0.25, 0.3) is 0 Å². The Hall–Kier alpha value is 0.510. The summed E-state index contributed by atoms with van der Waals surface area (Å²) in [6, 6.07) is 0. The van der Waals surface area contributed by atoms with E-state index >= 15 is 0 Å². The zero-order chi connectivity index (χ0) is 7.56. The maximum absolute atomic E-state index is 5.78. The van der Waals surface area contributed by atoms with Gasteiger partial charge in [-0.3, -0.25) is 0 Å². The third-order valence-corrected chi connectivity index (χ3v) is 3.50. The predicted molar refractivity (Wildman–Crippen MR) is 49.9 cm³/mol. The summed E-state index contributed by atoms with van der Waals surface area (Å²) < 4.78 is 0. The van der Waals surface area contributed by atoms with Gasteiger partial charge in [-0.15, -0.1) is 11.6 Å². The molecule has 0 aromatic rings. The SMILES string of the molecule is CC1=CC[C@@H](Br)[C@@H](CCl)C1. The van der Waals surface area contributed by atoms with Crippen LogP contribution in [0.15, 0.2) is 11.6 Å². The lowest BCUT2D eigenvalue weighted by Gasteiger charge is -2.24. The average molecular weight is 224 g/mol. The molecule has 1 aliphatic rings. The first-order valence-corrected chi connectivity index (χ1v) is 5.04. The number of hydrogen-bond donors (Lipinski definition) is 0. The van der Waals surface area contributed by atoms with Crippen LogP contribution in [0.3, 0.4) is 0 Å². The Morgan fingerprint density at radius 3 is 3.00 bits per heavy atom. The molecule has 0 heterocycles. The third kappa shape index (κ3) is 2.00. The van der Waals surface area contributed by atoms with Crippen molar-refractivity contribution in [2.75, 3.05) is 5.88 Å². The van der Waals surface area contributed by atoms with Crippen molar-refractivity contribution in [3.8, 4) is 0 Å². The minimum absolute atomic E-state index is 0.605. The Labute approximate surface area is 75.8 Å². The van der Waals surface area contributed by atoms with E-state index < -0.39 is 0 Å². The minimum atomic E-state index is 0.605. The summed E-state index contributed by atoms with van der Waals surface area (Å²) in [4.78, 5) is 0.605. The topological polar surface area (TPSA) is 0 Å². The number of rotatable bonds is 1. The van der Waals surface area contributed by atoms with Crippen LogP contribution in [0.1, 0.15) is 19.8 Å². The second-order valence-electron chi connectivity index (χ2n) is 2.92. The van der Waals surface area contributed by atoms with Crippen LogP contribution in [-0.4, -0.2) is 10.7 Å². The molecule has 1 rings (SSSR count). The highest BCUT2D eigenvalue weighted by molar-refractivity contribution is 9.09. The van der Waals surface area contributed by atoms with Gasteiger partial charge in [-0.25, -0.2) is 0 Å². The molecule has 0 fully saturated rings. The van der Waals surface area contributed by atoms with Crippen molar-refractivity contribution >= 4 is 27.5 Å². The Morgan fingerprint density at radius 2 is 2.50 bits per heavy atom. The second kappa shape index (κ2) is 3.77. The standard InChI is InChI=1S/C8H12BrCl/c1-6-2-3-8(9)7(4-6)5-10/h2,7-8H,3-5H2,1H3/t7-,8-/m1/s1. The largest absolute Gasteiger partial charge is 0.126 e. The molecule has 0 saturated heterocycles. The highest BCUT2D eigenvalue weighted by atomic mass is 79.9. The molecule has 0 nitrogen and oxygen atoms in total. The van der Waals surface area contributed by atoms with Gasteiger partial charge in [0.15, 0.2) is 0 Å². The molecule has 0 unspecified atom stereocenters. The van der Waals surface area contributed by atoms with Crippen LogP contribution in [0.5, 0.6) is 0 Å². The summed E-state index contributed by atoms with van der Waals surface area (Å²) in [5.74, 6) is 1.42. The number of alkyl halides is 2. The van der Waals surface area contributed by atoms with Gasteiger partial charge in [0.2, 0.25) is 0 Å². The van der Waals surface area contributed by atoms with Crippen molar-refractivity contribution in [1.82, 2.24) is 0 Å². The van der Waals surface area contributed by atoms with Crippen molar-refractivity contribution in [2.24, 2.45) is 5.92 Å². The first-order valence-electron chi connectivity index (χ1n) is 3.59. The smallest absolute Gasteiger partial charge is 0.0265 e. The lowest BCUT2D eigenvalue weighted by molar-refractivity contribution is 0.537. The Balaban J connectivity index is 2.53. The molecule has 0 saturated carbocycles. The molecule has 0 amide bonds. The zero-order valence-corrected chi connectivity index (χ0v) is 8.45. The quantitative estimate of drug-likeness (QED) is 0.472. The summed E-state index contributed by atoms with van der Waals surface area (Å²) >= 11 is 9.40. The highest BCUT2D eigenvalue weighted by Crippen LogP contribution is 2.29. The average Bonchev–Trinajstić information content (AvgIpc) is 1.94. The Kier molecular flexibility index (Phi) is 3.25. The van der Waals surface area contributed by atoms with Crippen molar-refractivity contribution in [2.45, 2.75) is 24.6 Å². The first kappa shape index (κ1) is 8.61. The molecule has 58 valence electrons. The fourth-order valence-corrected chi connectivity index (χ4v) is 2.38. The molecular weight excluding hydrogens is 211 g/mol. The number of hydrogen-bond acceptors (Lipinski definition) is 0. The summed E-state index contributed by atoms with van der Waals surface area (Å²) in [6.07, 6.45) is 4.60. The van der Waals surface area contributed by atoms with E-state index in [-0.39, 0.29) is 0 Å². The van der Waals surface area contributed by atoms with E-state index in [1.54, 1.807) is 0 Å². The molecule has 1 aliphatic carbocycles. The molecule has 0 N–H and O–H groups in total. The van der Waals surface area contributed by atoms with Crippen LogP contribution in [0.25, 0.3) is 0 Å². The highest BCUT2D eigenvalue weighted by Gasteiger charge is 2.20. The fourth-order valence-electron chi connectivity index (χ4n) is 1.28. The molecule has 0 radical (unpaired) electrons. The summed E-state index contributed by atoms with van der Waals surface area (Å²) in [5, 5.41) is 0. The minimum Gasteiger partial charge on any atom is -0.126 e. The van der Waals surface area contributed by atoms with E-state index in [0.29, 0.717) is 10.7 Å². The van der Waals surface area contributed by atoms with Gasteiger partial charge in [0.1, 0.15) is 0 Å².